The van der Waals surface area contributed by atoms with E-state index in [0.29, 0.717) is 0 Å². The first-order valence-electron chi connectivity index (χ1n) is 11.4. The van der Waals surface area contributed by atoms with Crippen molar-refractivity contribution < 1.29 is 9.46 Å². The summed E-state index contributed by atoms with van der Waals surface area (Å²) >= 11 is 0. The van der Waals surface area contributed by atoms with Crippen molar-refractivity contribution in [3.63, 3.8) is 0 Å². The van der Waals surface area contributed by atoms with E-state index >= 15 is 0 Å². The third-order valence-corrected chi connectivity index (χ3v) is 10.3. The molecule has 0 N–H and O–H groups in total. The molecule has 0 amide bonds. The summed E-state index contributed by atoms with van der Waals surface area (Å²) < 4.78 is 9.77. The Morgan fingerprint density at radius 1 is 0.692 bits per heavy atom. The zero-order valence-corrected chi connectivity index (χ0v) is 20.8. The minimum Gasteiger partial charge on any atom is -0.801 e. The molecule has 0 bridgehead atoms. The number of unbranched alkanes of at least 4 members (excludes halogenated alkanes) is 9. The highest BCUT2D eigenvalue weighted by Gasteiger charge is 2.29. The van der Waals surface area contributed by atoms with Crippen LogP contribution in [-0.4, -0.2) is 30.8 Å². The summed E-state index contributed by atoms with van der Waals surface area (Å²) in [5, 5.41) is 0. The second-order valence-electron chi connectivity index (χ2n) is 8.45. The Bertz CT molecular complexity index is 275. The van der Waals surface area contributed by atoms with Gasteiger partial charge in [0.05, 0.1) is 18.5 Å². The van der Waals surface area contributed by atoms with Crippen molar-refractivity contribution in [2.75, 3.05) is 25.2 Å². The fourth-order valence-electron chi connectivity index (χ4n) is 3.10. The standard InChI is InChI=1S/C19H42P.C3H9O2P/c1-5-8-11-14-17-20(4,18-15-12-9-6-2)19-16-13-10-7-3;1-3(2)6(4)5/h5-19H2,1-4H3;3,6H,1-2H3,(H,4,5)/q+1;/p-1. The highest BCUT2D eigenvalue weighted by molar-refractivity contribution is 7.75. The summed E-state index contributed by atoms with van der Waals surface area (Å²) in [4.78, 5) is 9.77. The zero-order valence-electron chi connectivity index (χ0n) is 18.9. The largest absolute Gasteiger partial charge is 0.801 e. The molecule has 1 unspecified atom stereocenters. The Kier molecular flexibility index (Phi) is 22.6. The Balaban J connectivity index is 0. The topological polar surface area (TPSA) is 40.1 Å². The van der Waals surface area contributed by atoms with Crippen molar-refractivity contribution in [3.8, 4) is 0 Å². The fraction of sp³-hybridized carbons (Fsp3) is 1.00. The Labute approximate surface area is 167 Å². The third kappa shape index (κ3) is 20.9. The maximum atomic E-state index is 9.77. The Morgan fingerprint density at radius 3 is 1.15 bits per heavy atom. The van der Waals surface area contributed by atoms with Crippen LogP contribution in [0.1, 0.15) is 112 Å². The van der Waals surface area contributed by atoms with Gasteiger partial charge in [-0.3, -0.25) is 0 Å². The summed E-state index contributed by atoms with van der Waals surface area (Å²) in [5.41, 5.74) is -0.157. The molecule has 0 aliphatic carbocycles. The molecule has 0 heterocycles. The Hall–Kier alpha value is 0.620. The molecule has 0 aromatic heterocycles. The molecule has 0 fully saturated rings. The van der Waals surface area contributed by atoms with E-state index in [1.807, 2.05) is 0 Å². The molecule has 1 atom stereocenters. The van der Waals surface area contributed by atoms with Crippen LogP contribution in [0, 0.1) is 0 Å². The lowest BCUT2D eigenvalue weighted by Gasteiger charge is -2.23. The second-order valence-corrected chi connectivity index (χ2v) is 14.8. The van der Waals surface area contributed by atoms with Crippen molar-refractivity contribution in [3.05, 3.63) is 0 Å². The first-order chi connectivity index (χ1) is 12.3. The van der Waals surface area contributed by atoms with Gasteiger partial charge in [-0.15, -0.1) is 0 Å². The SMILES string of the molecule is CC(C)[PH](=O)[O-].CCCCCC[P+](C)(CCCCCC)CCCCCC. The van der Waals surface area contributed by atoms with Crippen molar-refractivity contribution in [1.29, 1.82) is 0 Å². The summed E-state index contributed by atoms with van der Waals surface area (Å²) in [6, 6.07) is 0. The summed E-state index contributed by atoms with van der Waals surface area (Å²) in [6.45, 7) is 13.0. The van der Waals surface area contributed by atoms with Gasteiger partial charge in [-0.2, -0.15) is 0 Å². The molecule has 0 aliphatic rings. The summed E-state index contributed by atoms with van der Waals surface area (Å²) in [6.07, 6.45) is 22.2. The van der Waals surface area contributed by atoms with Crippen molar-refractivity contribution in [1.82, 2.24) is 0 Å². The Morgan fingerprint density at radius 2 is 0.962 bits per heavy atom. The van der Waals surface area contributed by atoms with Gasteiger partial charge < -0.3 is 9.46 Å². The molecule has 0 aromatic rings. The van der Waals surface area contributed by atoms with Gasteiger partial charge in [0.2, 0.25) is 0 Å². The van der Waals surface area contributed by atoms with Gasteiger partial charge in [-0.25, -0.2) is 0 Å². The van der Waals surface area contributed by atoms with Crippen LogP contribution in [0.4, 0.5) is 0 Å². The lowest BCUT2D eigenvalue weighted by Crippen LogP contribution is -2.07. The normalized spacial score (nSPS) is 12.8. The molecule has 0 radical (unpaired) electrons. The molecule has 0 aromatic carbocycles. The van der Waals surface area contributed by atoms with E-state index < -0.39 is 15.3 Å². The van der Waals surface area contributed by atoms with Crippen molar-refractivity contribution in [2.45, 2.75) is 117 Å². The molecule has 0 aliphatic heterocycles. The third-order valence-electron chi connectivity index (χ3n) is 5.13. The van der Waals surface area contributed by atoms with Gasteiger partial charge in [-0.05, 0) is 44.2 Å². The van der Waals surface area contributed by atoms with Gasteiger partial charge in [-0.1, -0.05) is 73.1 Å². The van der Waals surface area contributed by atoms with Gasteiger partial charge in [0.1, 0.15) is 0 Å². The molecular formula is C22H50O2P2. The van der Waals surface area contributed by atoms with Crippen LogP contribution >= 0.6 is 15.3 Å². The van der Waals surface area contributed by atoms with Crippen LogP contribution < -0.4 is 4.89 Å². The number of hydrogen-bond donors (Lipinski definition) is 0. The van der Waals surface area contributed by atoms with E-state index in [1.165, 1.54) is 77.0 Å². The minimum atomic E-state index is -2.45. The second kappa shape index (κ2) is 20.4. The quantitative estimate of drug-likeness (QED) is 0.195. The van der Waals surface area contributed by atoms with Gasteiger partial charge >= 0.3 is 0 Å². The molecule has 4 heteroatoms. The average molecular weight is 409 g/mol. The highest BCUT2D eigenvalue weighted by Crippen LogP contribution is 2.57. The van der Waals surface area contributed by atoms with Crippen molar-refractivity contribution in [2.24, 2.45) is 0 Å². The molecule has 160 valence electrons. The summed E-state index contributed by atoms with van der Waals surface area (Å²) in [7, 11) is -3.04. The molecule has 26 heavy (non-hydrogen) atoms. The van der Waals surface area contributed by atoms with Crippen LogP contribution in [0.15, 0.2) is 0 Å². The first-order valence-corrected chi connectivity index (χ1v) is 15.6. The molecule has 0 rings (SSSR count). The summed E-state index contributed by atoms with van der Waals surface area (Å²) in [5.74, 6) is 0. The molecule has 0 saturated carbocycles. The highest BCUT2D eigenvalue weighted by atomic mass is 31.2. The van der Waals surface area contributed by atoms with E-state index in [-0.39, 0.29) is 5.66 Å². The molecule has 0 spiro atoms. The first kappa shape index (κ1) is 28.8. The van der Waals surface area contributed by atoms with E-state index in [9.17, 15) is 9.46 Å². The predicted molar refractivity (Wildman–Crippen MR) is 124 cm³/mol. The predicted octanol–water partition coefficient (Wildman–Crippen LogP) is 7.60. The van der Waals surface area contributed by atoms with Crippen LogP contribution in [-0.2, 0) is 4.57 Å². The van der Waals surface area contributed by atoms with Crippen LogP contribution in [0.5, 0.6) is 0 Å². The number of hydrogen-bond acceptors (Lipinski definition) is 2. The van der Waals surface area contributed by atoms with E-state index in [4.69, 9.17) is 0 Å². The fourth-order valence-corrected chi connectivity index (χ4v) is 6.73. The van der Waals surface area contributed by atoms with E-state index in [1.54, 1.807) is 32.3 Å². The van der Waals surface area contributed by atoms with Crippen LogP contribution in [0.3, 0.4) is 0 Å². The lowest BCUT2D eigenvalue weighted by molar-refractivity contribution is -0.165. The smallest absolute Gasteiger partial charge is 0.0591 e. The van der Waals surface area contributed by atoms with Crippen molar-refractivity contribution >= 4 is 15.3 Å². The van der Waals surface area contributed by atoms with Crippen LogP contribution in [0.2, 0.25) is 0 Å². The van der Waals surface area contributed by atoms with E-state index in [0.717, 1.165) is 0 Å². The minimum absolute atomic E-state index is 0.157. The monoisotopic (exact) mass is 408 g/mol. The van der Waals surface area contributed by atoms with Gasteiger partial charge in [0.25, 0.3) is 0 Å². The molecule has 2 nitrogen and oxygen atoms in total. The van der Waals surface area contributed by atoms with Gasteiger partial charge in [0.15, 0.2) is 0 Å². The number of rotatable bonds is 16. The molecule has 0 saturated heterocycles. The zero-order chi connectivity index (χ0) is 20.3. The maximum Gasteiger partial charge on any atom is 0.0591 e. The lowest BCUT2D eigenvalue weighted by atomic mass is 10.2. The average Bonchev–Trinajstić information content (AvgIpc) is 2.60. The van der Waals surface area contributed by atoms with E-state index in [2.05, 4.69) is 27.4 Å². The van der Waals surface area contributed by atoms with Gasteiger partial charge in [0, 0.05) is 22.0 Å². The molecular weight excluding hydrogens is 358 g/mol. The maximum absolute atomic E-state index is 9.77. The van der Waals surface area contributed by atoms with Crippen LogP contribution in [0.25, 0.3) is 0 Å².